The van der Waals surface area contributed by atoms with Crippen LogP contribution in [0.25, 0.3) is 0 Å². The molecule has 2 amide bonds. The molecular weight excluding hydrogens is 226 g/mol. The van der Waals surface area contributed by atoms with E-state index in [4.69, 9.17) is 5.73 Å². The summed E-state index contributed by atoms with van der Waals surface area (Å²) in [6, 6.07) is 8.41. The van der Waals surface area contributed by atoms with Crippen LogP contribution in [0.1, 0.15) is 43.9 Å². The molecule has 0 fully saturated rings. The Balaban J connectivity index is 2.41. The van der Waals surface area contributed by atoms with Crippen molar-refractivity contribution in [2.24, 2.45) is 5.73 Å². The number of urea groups is 1. The molecule has 0 saturated carbocycles. The van der Waals surface area contributed by atoms with E-state index < -0.39 is 6.03 Å². The highest BCUT2D eigenvalue weighted by atomic mass is 16.2. The summed E-state index contributed by atoms with van der Waals surface area (Å²) in [4.78, 5) is 10.5. The molecule has 0 saturated heterocycles. The van der Waals surface area contributed by atoms with E-state index in [0.29, 0.717) is 19.0 Å². The molecule has 0 aliphatic rings. The molecular formula is C14H23N3O. The third-order valence-electron chi connectivity index (χ3n) is 2.98. The second-order valence-electron chi connectivity index (χ2n) is 4.79. The van der Waals surface area contributed by atoms with Gasteiger partial charge in [-0.15, -0.1) is 0 Å². The number of hydrogen-bond donors (Lipinski definition) is 3. The molecule has 4 nitrogen and oxygen atoms in total. The van der Waals surface area contributed by atoms with Crippen molar-refractivity contribution in [1.29, 1.82) is 0 Å². The number of rotatable bonds is 6. The Morgan fingerprint density at radius 2 is 1.67 bits per heavy atom. The molecule has 1 rings (SSSR count). The summed E-state index contributed by atoms with van der Waals surface area (Å²) in [5, 5.41) is 5.89. The molecule has 0 aliphatic carbocycles. The zero-order valence-electron chi connectivity index (χ0n) is 11.4. The Morgan fingerprint density at radius 3 is 2.17 bits per heavy atom. The highest BCUT2D eigenvalue weighted by molar-refractivity contribution is 5.71. The van der Waals surface area contributed by atoms with Crippen molar-refractivity contribution in [3.8, 4) is 0 Å². The summed E-state index contributed by atoms with van der Waals surface area (Å²) < 4.78 is 0. The lowest BCUT2D eigenvalue weighted by Crippen LogP contribution is -2.36. The zero-order chi connectivity index (χ0) is 13.5. The normalized spacial score (nSPS) is 12.4. The molecule has 0 bridgehead atoms. The van der Waals surface area contributed by atoms with Gasteiger partial charge in [-0.25, -0.2) is 4.79 Å². The lowest BCUT2D eigenvalue weighted by atomic mass is 10.00. The molecule has 1 aromatic carbocycles. The molecule has 1 unspecified atom stereocenters. The number of primary amides is 1. The molecule has 0 spiro atoms. The van der Waals surface area contributed by atoms with Crippen LogP contribution < -0.4 is 16.4 Å². The van der Waals surface area contributed by atoms with E-state index >= 15 is 0 Å². The third kappa shape index (κ3) is 4.75. The molecule has 4 heteroatoms. The van der Waals surface area contributed by atoms with Crippen LogP contribution in [0.3, 0.4) is 0 Å². The topological polar surface area (TPSA) is 67.2 Å². The Kier molecular flexibility index (Phi) is 5.65. The summed E-state index contributed by atoms with van der Waals surface area (Å²) in [5.74, 6) is 0.557. The van der Waals surface area contributed by atoms with Gasteiger partial charge in [0.05, 0.1) is 0 Å². The SMILES string of the molecule is CC(C)c1ccc(C(C)NCCNC(N)=O)cc1. The van der Waals surface area contributed by atoms with Crippen molar-refractivity contribution in [2.45, 2.75) is 32.7 Å². The Bertz CT molecular complexity index is 373. The highest BCUT2D eigenvalue weighted by Gasteiger charge is 2.05. The van der Waals surface area contributed by atoms with Crippen LogP contribution in [0.5, 0.6) is 0 Å². The van der Waals surface area contributed by atoms with Crippen LogP contribution in [0.15, 0.2) is 24.3 Å². The molecule has 1 aromatic rings. The number of benzene rings is 1. The van der Waals surface area contributed by atoms with Gasteiger partial charge in [-0.2, -0.15) is 0 Å². The summed E-state index contributed by atoms with van der Waals surface area (Å²) in [6.45, 7) is 7.73. The van der Waals surface area contributed by atoms with Crippen LogP contribution in [0, 0.1) is 0 Å². The van der Waals surface area contributed by atoms with Crippen molar-refractivity contribution in [1.82, 2.24) is 10.6 Å². The van der Waals surface area contributed by atoms with Gasteiger partial charge in [0, 0.05) is 19.1 Å². The number of nitrogens with two attached hydrogens (primary N) is 1. The predicted molar refractivity (Wildman–Crippen MR) is 74.5 cm³/mol. The number of carbonyl (C=O) groups is 1. The predicted octanol–water partition coefficient (Wildman–Crippen LogP) is 2.13. The number of carbonyl (C=O) groups excluding carboxylic acids is 1. The Hall–Kier alpha value is -1.55. The van der Waals surface area contributed by atoms with Crippen LogP contribution >= 0.6 is 0 Å². The van der Waals surface area contributed by atoms with Crippen LogP contribution in [0.4, 0.5) is 4.79 Å². The first-order valence-electron chi connectivity index (χ1n) is 6.37. The highest BCUT2D eigenvalue weighted by Crippen LogP contribution is 2.18. The minimum absolute atomic E-state index is 0.265. The summed E-state index contributed by atoms with van der Waals surface area (Å²) >= 11 is 0. The number of hydrogen-bond acceptors (Lipinski definition) is 2. The van der Waals surface area contributed by atoms with Crippen LogP contribution in [-0.4, -0.2) is 19.1 Å². The van der Waals surface area contributed by atoms with Crippen LogP contribution in [0.2, 0.25) is 0 Å². The fourth-order valence-corrected chi connectivity index (χ4v) is 1.76. The van der Waals surface area contributed by atoms with Gasteiger partial charge in [-0.05, 0) is 24.0 Å². The monoisotopic (exact) mass is 249 g/mol. The molecule has 0 aliphatic heterocycles. The maximum absolute atomic E-state index is 10.5. The van der Waals surface area contributed by atoms with E-state index in [1.165, 1.54) is 11.1 Å². The van der Waals surface area contributed by atoms with E-state index in [2.05, 4.69) is 55.7 Å². The molecule has 0 heterocycles. The number of amides is 2. The third-order valence-corrected chi connectivity index (χ3v) is 2.98. The van der Waals surface area contributed by atoms with Gasteiger partial charge in [-0.1, -0.05) is 38.1 Å². The van der Waals surface area contributed by atoms with Crippen molar-refractivity contribution >= 4 is 6.03 Å². The first-order valence-corrected chi connectivity index (χ1v) is 6.37. The summed E-state index contributed by atoms with van der Waals surface area (Å²) in [7, 11) is 0. The minimum atomic E-state index is -0.481. The van der Waals surface area contributed by atoms with E-state index in [-0.39, 0.29) is 6.04 Å². The fraction of sp³-hybridized carbons (Fsp3) is 0.500. The molecule has 0 radical (unpaired) electrons. The fourth-order valence-electron chi connectivity index (χ4n) is 1.76. The standard InChI is InChI=1S/C14H23N3O/c1-10(2)12-4-6-13(7-5-12)11(3)16-8-9-17-14(15)18/h4-7,10-11,16H,8-9H2,1-3H3,(H3,15,17,18). The van der Waals surface area contributed by atoms with Gasteiger partial charge >= 0.3 is 6.03 Å². The molecule has 100 valence electrons. The van der Waals surface area contributed by atoms with Crippen molar-refractivity contribution in [3.05, 3.63) is 35.4 Å². The second-order valence-corrected chi connectivity index (χ2v) is 4.79. The lowest BCUT2D eigenvalue weighted by molar-refractivity contribution is 0.249. The maximum Gasteiger partial charge on any atom is 0.312 e. The minimum Gasteiger partial charge on any atom is -0.352 e. The maximum atomic E-state index is 10.5. The Morgan fingerprint density at radius 1 is 1.11 bits per heavy atom. The van der Waals surface area contributed by atoms with Gasteiger partial charge in [0.15, 0.2) is 0 Å². The lowest BCUT2D eigenvalue weighted by Gasteiger charge is -2.15. The van der Waals surface area contributed by atoms with Gasteiger partial charge in [0.25, 0.3) is 0 Å². The molecule has 1 atom stereocenters. The summed E-state index contributed by atoms with van der Waals surface area (Å²) in [5.41, 5.74) is 7.58. The van der Waals surface area contributed by atoms with Crippen molar-refractivity contribution in [3.63, 3.8) is 0 Å². The second kappa shape index (κ2) is 7.01. The van der Waals surface area contributed by atoms with E-state index in [9.17, 15) is 4.79 Å². The largest absolute Gasteiger partial charge is 0.352 e. The molecule has 18 heavy (non-hydrogen) atoms. The molecule has 0 aromatic heterocycles. The smallest absolute Gasteiger partial charge is 0.312 e. The van der Waals surface area contributed by atoms with Gasteiger partial charge in [-0.3, -0.25) is 0 Å². The number of nitrogens with one attached hydrogen (secondary N) is 2. The van der Waals surface area contributed by atoms with E-state index in [1.807, 2.05) is 0 Å². The Labute approximate surface area is 109 Å². The van der Waals surface area contributed by atoms with Crippen molar-refractivity contribution in [2.75, 3.05) is 13.1 Å². The van der Waals surface area contributed by atoms with Crippen LogP contribution in [-0.2, 0) is 0 Å². The summed E-state index contributed by atoms with van der Waals surface area (Å²) in [6.07, 6.45) is 0. The zero-order valence-corrected chi connectivity index (χ0v) is 11.4. The van der Waals surface area contributed by atoms with E-state index in [1.54, 1.807) is 0 Å². The van der Waals surface area contributed by atoms with E-state index in [0.717, 1.165) is 0 Å². The first-order chi connectivity index (χ1) is 8.50. The average molecular weight is 249 g/mol. The van der Waals surface area contributed by atoms with Crippen molar-refractivity contribution < 1.29 is 4.79 Å². The molecule has 4 N–H and O–H groups in total. The first kappa shape index (κ1) is 14.5. The average Bonchev–Trinajstić information content (AvgIpc) is 2.34. The quantitative estimate of drug-likeness (QED) is 0.676. The van der Waals surface area contributed by atoms with Gasteiger partial charge in [0.1, 0.15) is 0 Å². The van der Waals surface area contributed by atoms with Gasteiger partial charge < -0.3 is 16.4 Å². The van der Waals surface area contributed by atoms with Gasteiger partial charge in [0.2, 0.25) is 0 Å².